The molecule has 1 fully saturated rings. The van der Waals surface area contributed by atoms with Gasteiger partial charge in [0.05, 0.1) is 0 Å². The Kier molecular flexibility index (Phi) is 9.25. The van der Waals surface area contributed by atoms with Gasteiger partial charge in [0.2, 0.25) is 0 Å². The monoisotopic (exact) mass is 559 g/mol. The molecule has 0 bridgehead atoms. The molecule has 1 saturated heterocycles. The molecular weight excluding hydrogens is 532 g/mol. The number of nitrogens with zero attached hydrogens (tertiary/aromatic N) is 1. The predicted octanol–water partition coefficient (Wildman–Crippen LogP) is 5.40. The van der Waals surface area contributed by atoms with E-state index in [1.807, 2.05) is 18.2 Å². The molecule has 0 saturated carbocycles. The van der Waals surface area contributed by atoms with Crippen LogP contribution in [0.2, 0.25) is 21.5 Å². The Morgan fingerprint density at radius 1 is 1.06 bits per heavy atom. The van der Waals surface area contributed by atoms with Crippen molar-refractivity contribution >= 4 is 53.7 Å². The Morgan fingerprint density at radius 3 is 2.47 bits per heavy atom. The molecule has 0 aromatic heterocycles. The van der Waals surface area contributed by atoms with Crippen LogP contribution in [-0.2, 0) is 26.6 Å². The molecule has 2 aromatic carbocycles. The van der Waals surface area contributed by atoms with Crippen LogP contribution < -0.4 is 0 Å². The number of ketones is 1. The van der Waals surface area contributed by atoms with Crippen molar-refractivity contribution in [3.05, 3.63) is 63.1 Å². The van der Waals surface area contributed by atoms with Gasteiger partial charge >= 0.3 is 149 Å². The Balaban J connectivity index is 1.69. The first kappa shape index (κ1) is 25.7. The van der Waals surface area contributed by atoms with Gasteiger partial charge in [0, 0.05) is 13.1 Å². The molecule has 1 aliphatic rings. The van der Waals surface area contributed by atoms with E-state index in [1.165, 1.54) is 22.0 Å². The first-order chi connectivity index (χ1) is 15.2. The van der Waals surface area contributed by atoms with E-state index in [4.69, 9.17) is 27.9 Å². The van der Waals surface area contributed by atoms with E-state index in [0.717, 1.165) is 24.5 Å². The molecule has 0 amide bonds. The van der Waals surface area contributed by atoms with Crippen molar-refractivity contribution in [2.24, 2.45) is 0 Å². The van der Waals surface area contributed by atoms with E-state index >= 15 is 0 Å². The second kappa shape index (κ2) is 11.5. The van der Waals surface area contributed by atoms with Crippen molar-refractivity contribution in [1.29, 1.82) is 0 Å². The second-order valence-corrected chi connectivity index (χ2v) is 16.1. The van der Waals surface area contributed by atoms with E-state index in [0.29, 0.717) is 29.2 Å². The van der Waals surface area contributed by atoms with Crippen molar-refractivity contribution in [3.8, 4) is 0 Å². The van der Waals surface area contributed by atoms with E-state index < -0.39 is 24.7 Å². The number of benzene rings is 2. The van der Waals surface area contributed by atoms with E-state index in [-0.39, 0.29) is 28.9 Å². The van der Waals surface area contributed by atoms with Crippen LogP contribution in [0.4, 0.5) is 0 Å². The quantitative estimate of drug-likeness (QED) is 0.304. The van der Waals surface area contributed by atoms with Crippen molar-refractivity contribution < 1.29 is 17.9 Å². The molecular formula is C23H28AsCl2NO4S. The van der Waals surface area contributed by atoms with Gasteiger partial charge in [0.25, 0.3) is 0 Å². The summed E-state index contributed by atoms with van der Waals surface area (Å²) in [5, 5.41) is 1.44. The minimum atomic E-state index is -3.71. The van der Waals surface area contributed by atoms with Crippen molar-refractivity contribution in [2.75, 3.05) is 19.7 Å². The first-order valence-corrected chi connectivity index (χ1v) is 17.8. The fourth-order valence-corrected chi connectivity index (χ4v) is 7.96. The number of carbonyl (C=O) groups excluding carboxylic acids is 1. The zero-order valence-electron chi connectivity index (χ0n) is 18.3. The number of rotatable bonds is 9. The number of hydrogen-bond acceptors (Lipinski definition) is 4. The fourth-order valence-electron chi connectivity index (χ4n) is 3.67. The summed E-state index contributed by atoms with van der Waals surface area (Å²) in [5.41, 5.74) is 6.84. The summed E-state index contributed by atoms with van der Waals surface area (Å²) >= 11 is 11.7. The number of hydrogen-bond donors (Lipinski definition) is 0. The topological polar surface area (TPSA) is 63.7 Å². The number of halogens is 2. The molecule has 9 heteroatoms. The molecule has 1 aliphatic heterocycles. The Hall–Kier alpha value is -0.882. The zero-order chi connectivity index (χ0) is 23.3. The summed E-state index contributed by atoms with van der Waals surface area (Å²) in [7, 11) is -3.71. The number of ether oxygens (including phenoxy) is 1. The van der Waals surface area contributed by atoms with Crippen LogP contribution in [0.15, 0.2) is 41.3 Å². The molecule has 1 heterocycles. The van der Waals surface area contributed by atoms with Gasteiger partial charge in [-0.05, 0) is 12.8 Å². The summed E-state index contributed by atoms with van der Waals surface area (Å²) in [5.74, 6) is -0.121. The standard InChI is InChI=1S/C23H28AsCl2NO4S/c1-24(2)14-17-7-6-8-18(11-17)22(28)16-31-15-19-12-23(21(26)13-20(19)25)32(29,30)27-9-4-3-5-10-27/h6-8,11-13H,3-5,9-10,14-16H2,1-2H3. The molecule has 5 nitrogen and oxygen atoms in total. The van der Waals surface area contributed by atoms with Crippen molar-refractivity contribution in [2.45, 2.75) is 47.4 Å². The third-order valence-corrected chi connectivity index (χ3v) is 10.1. The summed E-state index contributed by atoms with van der Waals surface area (Å²) < 4.78 is 33.2. The summed E-state index contributed by atoms with van der Waals surface area (Å²) in [6.07, 6.45) is 2.70. The predicted molar refractivity (Wildman–Crippen MR) is 131 cm³/mol. The second-order valence-electron chi connectivity index (χ2n) is 8.19. The van der Waals surface area contributed by atoms with Gasteiger partial charge < -0.3 is 0 Å². The van der Waals surface area contributed by atoms with Gasteiger partial charge in [-0.2, -0.15) is 4.31 Å². The van der Waals surface area contributed by atoms with Crippen LogP contribution in [-0.4, -0.2) is 52.9 Å². The Labute approximate surface area is 205 Å². The maximum atomic E-state index is 13.1. The number of sulfonamides is 1. The molecule has 174 valence electrons. The van der Waals surface area contributed by atoms with Gasteiger partial charge in [-0.15, -0.1) is 0 Å². The van der Waals surface area contributed by atoms with Crippen LogP contribution >= 0.6 is 23.2 Å². The van der Waals surface area contributed by atoms with Crippen LogP contribution in [0.25, 0.3) is 0 Å². The van der Waals surface area contributed by atoms with Crippen LogP contribution in [0.3, 0.4) is 0 Å². The van der Waals surface area contributed by atoms with Gasteiger partial charge in [0.15, 0.2) is 0 Å². The Bertz CT molecular complexity index is 1070. The molecule has 0 unspecified atom stereocenters. The van der Waals surface area contributed by atoms with Gasteiger partial charge in [-0.25, -0.2) is 8.42 Å². The molecule has 0 aliphatic carbocycles. The molecule has 0 radical (unpaired) electrons. The average molecular weight is 560 g/mol. The summed E-state index contributed by atoms with van der Waals surface area (Å²) in [6, 6.07) is 10.6. The molecule has 0 atom stereocenters. The van der Waals surface area contributed by atoms with Crippen molar-refractivity contribution in [1.82, 2.24) is 4.31 Å². The van der Waals surface area contributed by atoms with E-state index in [9.17, 15) is 13.2 Å². The van der Waals surface area contributed by atoms with Crippen LogP contribution in [0, 0.1) is 0 Å². The SMILES string of the molecule is C[As](C)Cc1cccc(C(=O)COCc2cc(S(=O)(=O)N3CCCCC3)c(Cl)cc2Cl)c1. The third-order valence-electron chi connectivity index (χ3n) is 5.27. The number of carbonyl (C=O) groups is 1. The average Bonchev–Trinajstić information content (AvgIpc) is 2.75. The summed E-state index contributed by atoms with van der Waals surface area (Å²) in [6.45, 7) is 0.875. The van der Waals surface area contributed by atoms with Crippen molar-refractivity contribution in [3.63, 3.8) is 0 Å². The number of Topliss-reactive ketones (excluding diaryl/α,β-unsaturated/α-hetero) is 1. The zero-order valence-corrected chi connectivity index (χ0v) is 22.5. The molecule has 0 spiro atoms. The van der Waals surface area contributed by atoms with Gasteiger partial charge in [0.1, 0.15) is 0 Å². The minimum absolute atomic E-state index is 0.0171. The summed E-state index contributed by atoms with van der Waals surface area (Å²) in [4.78, 5) is 12.6. The molecule has 0 N–H and O–H groups in total. The van der Waals surface area contributed by atoms with E-state index in [2.05, 4.69) is 11.4 Å². The maximum absolute atomic E-state index is 13.1. The Morgan fingerprint density at radius 2 is 1.78 bits per heavy atom. The van der Waals surface area contributed by atoms with Crippen LogP contribution in [0.5, 0.6) is 0 Å². The van der Waals surface area contributed by atoms with Gasteiger partial charge in [-0.3, -0.25) is 0 Å². The van der Waals surface area contributed by atoms with Gasteiger partial charge in [-0.1, -0.05) is 18.0 Å². The molecule has 2 aromatic rings. The van der Waals surface area contributed by atoms with Crippen LogP contribution in [0.1, 0.15) is 40.7 Å². The molecule has 32 heavy (non-hydrogen) atoms. The normalized spacial score (nSPS) is 15.3. The first-order valence-electron chi connectivity index (χ1n) is 10.5. The number of piperidine rings is 1. The fraction of sp³-hybridized carbons (Fsp3) is 0.435. The third kappa shape index (κ3) is 6.59. The molecule has 3 rings (SSSR count). The van der Waals surface area contributed by atoms with E-state index in [1.54, 1.807) is 6.07 Å².